The third-order valence-corrected chi connectivity index (χ3v) is 3.85. The van der Waals surface area contributed by atoms with E-state index >= 15 is 0 Å². The molecule has 1 atom stereocenters. The first-order valence-electron chi connectivity index (χ1n) is 4.72. The van der Waals surface area contributed by atoms with Gasteiger partial charge in [0.05, 0.1) is 6.26 Å². The Labute approximate surface area is 80.1 Å². The molecule has 0 radical (unpaired) electrons. The van der Waals surface area contributed by atoms with E-state index in [1.807, 2.05) is 0 Å². The molecular formula is C8H18N2O2S. The summed E-state index contributed by atoms with van der Waals surface area (Å²) in [6, 6.07) is 0.0255. The second-order valence-corrected chi connectivity index (χ2v) is 5.55. The molecule has 0 aromatic rings. The van der Waals surface area contributed by atoms with Gasteiger partial charge in [0, 0.05) is 19.1 Å². The average molecular weight is 206 g/mol. The Balaban J connectivity index is 2.77. The number of sulfonamides is 1. The standard InChI is InChI=1S/C8H18N2O2S/c1-13(11,12)10-6-4-2-3-5-8(10)7-9/h8H,2-7,9H2,1H3. The summed E-state index contributed by atoms with van der Waals surface area (Å²) in [6.45, 7) is 1.08. The van der Waals surface area contributed by atoms with Gasteiger partial charge in [-0.25, -0.2) is 8.42 Å². The van der Waals surface area contributed by atoms with Crippen molar-refractivity contribution in [1.82, 2.24) is 4.31 Å². The lowest BCUT2D eigenvalue weighted by Gasteiger charge is -2.26. The fourth-order valence-electron chi connectivity index (χ4n) is 1.82. The van der Waals surface area contributed by atoms with Crippen LogP contribution >= 0.6 is 0 Å². The summed E-state index contributed by atoms with van der Waals surface area (Å²) in [5.41, 5.74) is 5.55. The number of hydrogen-bond acceptors (Lipinski definition) is 3. The van der Waals surface area contributed by atoms with E-state index in [2.05, 4.69) is 0 Å². The minimum Gasteiger partial charge on any atom is -0.329 e. The van der Waals surface area contributed by atoms with Gasteiger partial charge < -0.3 is 5.73 Å². The van der Waals surface area contributed by atoms with Gasteiger partial charge in [0.2, 0.25) is 10.0 Å². The number of nitrogens with zero attached hydrogens (tertiary/aromatic N) is 1. The maximum atomic E-state index is 11.4. The average Bonchev–Trinajstić information content (AvgIpc) is 2.26. The Morgan fingerprint density at radius 2 is 2.08 bits per heavy atom. The highest BCUT2D eigenvalue weighted by atomic mass is 32.2. The molecule has 1 heterocycles. The molecule has 1 aliphatic heterocycles. The first kappa shape index (κ1) is 10.9. The molecule has 0 amide bonds. The van der Waals surface area contributed by atoms with Gasteiger partial charge in [-0.3, -0.25) is 0 Å². The molecule has 2 N–H and O–H groups in total. The SMILES string of the molecule is CS(=O)(=O)N1CCCCCC1CN. The summed E-state index contributed by atoms with van der Waals surface area (Å²) in [5, 5.41) is 0. The third-order valence-electron chi connectivity index (χ3n) is 2.52. The summed E-state index contributed by atoms with van der Waals surface area (Å²) in [6.07, 6.45) is 5.34. The van der Waals surface area contributed by atoms with Gasteiger partial charge in [-0.2, -0.15) is 4.31 Å². The Kier molecular flexibility index (Phi) is 3.70. The van der Waals surface area contributed by atoms with Crippen LogP contribution in [0.4, 0.5) is 0 Å². The highest BCUT2D eigenvalue weighted by Gasteiger charge is 2.26. The molecule has 0 saturated carbocycles. The Hall–Kier alpha value is -0.130. The lowest BCUT2D eigenvalue weighted by molar-refractivity contribution is 0.330. The van der Waals surface area contributed by atoms with E-state index in [9.17, 15) is 8.42 Å². The van der Waals surface area contributed by atoms with Crippen molar-refractivity contribution in [2.45, 2.75) is 31.7 Å². The molecule has 0 aliphatic carbocycles. The quantitative estimate of drug-likeness (QED) is 0.699. The monoisotopic (exact) mass is 206 g/mol. The van der Waals surface area contributed by atoms with Crippen LogP contribution in [-0.4, -0.2) is 38.1 Å². The van der Waals surface area contributed by atoms with Crippen LogP contribution in [0.15, 0.2) is 0 Å². The number of nitrogens with two attached hydrogens (primary N) is 1. The van der Waals surface area contributed by atoms with Crippen molar-refractivity contribution in [3.8, 4) is 0 Å². The van der Waals surface area contributed by atoms with E-state index in [1.54, 1.807) is 4.31 Å². The largest absolute Gasteiger partial charge is 0.329 e. The van der Waals surface area contributed by atoms with Gasteiger partial charge in [0.15, 0.2) is 0 Å². The molecule has 0 aromatic heterocycles. The lowest BCUT2D eigenvalue weighted by atomic mass is 10.1. The van der Waals surface area contributed by atoms with Crippen molar-refractivity contribution in [2.24, 2.45) is 5.73 Å². The smallest absolute Gasteiger partial charge is 0.211 e. The molecule has 0 aromatic carbocycles. The normalized spacial score (nSPS) is 27.1. The predicted molar refractivity (Wildman–Crippen MR) is 52.9 cm³/mol. The van der Waals surface area contributed by atoms with Crippen LogP contribution in [0, 0.1) is 0 Å². The summed E-state index contributed by atoms with van der Waals surface area (Å²) < 4.78 is 24.3. The third kappa shape index (κ3) is 2.93. The zero-order valence-electron chi connectivity index (χ0n) is 8.07. The van der Waals surface area contributed by atoms with Crippen LogP contribution in [0.25, 0.3) is 0 Å². The highest BCUT2D eigenvalue weighted by Crippen LogP contribution is 2.18. The van der Waals surface area contributed by atoms with E-state index in [0.717, 1.165) is 25.7 Å². The van der Waals surface area contributed by atoms with Crippen LogP contribution in [0.2, 0.25) is 0 Å². The van der Waals surface area contributed by atoms with Crippen LogP contribution in [-0.2, 0) is 10.0 Å². The van der Waals surface area contributed by atoms with E-state index in [4.69, 9.17) is 5.73 Å². The van der Waals surface area contributed by atoms with Crippen LogP contribution < -0.4 is 5.73 Å². The van der Waals surface area contributed by atoms with Crippen LogP contribution in [0.3, 0.4) is 0 Å². The molecule has 13 heavy (non-hydrogen) atoms. The molecule has 5 heteroatoms. The summed E-state index contributed by atoms with van der Waals surface area (Å²) in [4.78, 5) is 0. The zero-order chi connectivity index (χ0) is 9.90. The minimum absolute atomic E-state index is 0.0255. The Bertz CT molecular complexity index is 251. The molecule has 0 bridgehead atoms. The first-order valence-corrected chi connectivity index (χ1v) is 6.57. The summed E-state index contributed by atoms with van der Waals surface area (Å²) >= 11 is 0. The Morgan fingerprint density at radius 1 is 1.38 bits per heavy atom. The molecule has 1 aliphatic rings. The van der Waals surface area contributed by atoms with Gasteiger partial charge in [-0.05, 0) is 12.8 Å². The molecule has 78 valence electrons. The highest BCUT2D eigenvalue weighted by molar-refractivity contribution is 7.88. The van der Waals surface area contributed by atoms with Crippen molar-refractivity contribution in [1.29, 1.82) is 0 Å². The van der Waals surface area contributed by atoms with Crippen molar-refractivity contribution < 1.29 is 8.42 Å². The minimum atomic E-state index is -3.06. The molecular weight excluding hydrogens is 188 g/mol. The summed E-state index contributed by atoms with van der Waals surface area (Å²) in [5.74, 6) is 0. The van der Waals surface area contributed by atoms with E-state index in [0.29, 0.717) is 13.1 Å². The van der Waals surface area contributed by atoms with E-state index in [-0.39, 0.29) is 6.04 Å². The zero-order valence-corrected chi connectivity index (χ0v) is 8.89. The van der Waals surface area contributed by atoms with Gasteiger partial charge in [0.1, 0.15) is 0 Å². The molecule has 1 unspecified atom stereocenters. The number of hydrogen-bond donors (Lipinski definition) is 1. The van der Waals surface area contributed by atoms with Gasteiger partial charge >= 0.3 is 0 Å². The Morgan fingerprint density at radius 3 is 2.62 bits per heavy atom. The van der Waals surface area contributed by atoms with Crippen LogP contribution in [0.5, 0.6) is 0 Å². The van der Waals surface area contributed by atoms with Gasteiger partial charge in [0.25, 0.3) is 0 Å². The van der Waals surface area contributed by atoms with Crippen molar-refractivity contribution in [3.05, 3.63) is 0 Å². The lowest BCUT2D eigenvalue weighted by Crippen LogP contribution is -2.43. The molecule has 1 fully saturated rings. The topological polar surface area (TPSA) is 63.4 Å². The number of rotatable bonds is 2. The fraction of sp³-hybridized carbons (Fsp3) is 1.00. The summed E-state index contributed by atoms with van der Waals surface area (Å²) in [7, 11) is -3.06. The van der Waals surface area contributed by atoms with Crippen molar-refractivity contribution in [2.75, 3.05) is 19.3 Å². The van der Waals surface area contributed by atoms with Crippen molar-refractivity contribution >= 4 is 10.0 Å². The first-order chi connectivity index (χ1) is 6.05. The maximum absolute atomic E-state index is 11.4. The second-order valence-electron chi connectivity index (χ2n) is 3.61. The van der Waals surface area contributed by atoms with E-state index < -0.39 is 10.0 Å². The maximum Gasteiger partial charge on any atom is 0.211 e. The van der Waals surface area contributed by atoms with E-state index in [1.165, 1.54) is 6.26 Å². The fourth-order valence-corrected chi connectivity index (χ4v) is 3.02. The van der Waals surface area contributed by atoms with Gasteiger partial charge in [-0.15, -0.1) is 0 Å². The molecule has 1 rings (SSSR count). The second kappa shape index (κ2) is 4.39. The van der Waals surface area contributed by atoms with Gasteiger partial charge in [-0.1, -0.05) is 12.8 Å². The molecule has 1 saturated heterocycles. The predicted octanol–water partition coefficient (Wildman–Crippen LogP) is 0.149. The van der Waals surface area contributed by atoms with Crippen LogP contribution in [0.1, 0.15) is 25.7 Å². The molecule has 0 spiro atoms. The van der Waals surface area contributed by atoms with Crippen molar-refractivity contribution in [3.63, 3.8) is 0 Å². The molecule has 4 nitrogen and oxygen atoms in total.